The molecular formula is C17H25ClN2O4S. The molecule has 2 aliphatic rings. The van der Waals surface area contributed by atoms with Crippen LogP contribution in [0.3, 0.4) is 0 Å². The van der Waals surface area contributed by atoms with E-state index >= 15 is 0 Å². The van der Waals surface area contributed by atoms with Gasteiger partial charge in [-0.3, -0.25) is 0 Å². The fourth-order valence-electron chi connectivity index (χ4n) is 3.49. The van der Waals surface area contributed by atoms with Crippen molar-refractivity contribution in [2.24, 2.45) is 0 Å². The highest BCUT2D eigenvalue weighted by atomic mass is 35.5. The quantitative estimate of drug-likeness (QED) is 0.799. The standard InChI is InChI=1S/C17H24N2O4S.ClH/c1-3-23-17(20)13-5-4-12(2)16(10-13)24(21,22)19-9-8-14-6-7-15(11-19)18-14;/h4-5,10,14-15,18H,3,6-9,11H2,1-2H3;1H. The monoisotopic (exact) mass is 388 g/mol. The lowest BCUT2D eigenvalue weighted by molar-refractivity contribution is 0.0526. The summed E-state index contributed by atoms with van der Waals surface area (Å²) in [6.07, 6.45) is 2.96. The number of sulfonamides is 1. The number of hydrogen-bond acceptors (Lipinski definition) is 5. The summed E-state index contributed by atoms with van der Waals surface area (Å²) in [6.45, 7) is 4.74. The molecule has 0 saturated carbocycles. The zero-order valence-electron chi connectivity index (χ0n) is 14.5. The average Bonchev–Trinajstić information content (AvgIpc) is 2.86. The smallest absolute Gasteiger partial charge is 0.338 e. The Kier molecular flexibility index (Phi) is 6.48. The van der Waals surface area contributed by atoms with Crippen LogP contribution in [0.5, 0.6) is 0 Å². The summed E-state index contributed by atoms with van der Waals surface area (Å²) < 4.78 is 32.8. The van der Waals surface area contributed by atoms with Crippen LogP contribution in [-0.4, -0.2) is 50.5 Å². The van der Waals surface area contributed by atoms with Gasteiger partial charge in [-0.05, 0) is 50.8 Å². The van der Waals surface area contributed by atoms with E-state index < -0.39 is 16.0 Å². The summed E-state index contributed by atoms with van der Waals surface area (Å²) in [5.74, 6) is -0.495. The van der Waals surface area contributed by atoms with Crippen molar-refractivity contribution in [3.05, 3.63) is 29.3 Å². The van der Waals surface area contributed by atoms with E-state index in [1.807, 2.05) is 0 Å². The predicted molar refractivity (Wildman–Crippen MR) is 97.7 cm³/mol. The number of nitrogens with zero attached hydrogens (tertiary/aromatic N) is 1. The van der Waals surface area contributed by atoms with Crippen LogP contribution in [0.25, 0.3) is 0 Å². The van der Waals surface area contributed by atoms with Crippen LogP contribution in [0.2, 0.25) is 0 Å². The van der Waals surface area contributed by atoms with Crippen molar-refractivity contribution in [3.63, 3.8) is 0 Å². The van der Waals surface area contributed by atoms with Crippen LogP contribution in [0.1, 0.15) is 42.1 Å². The zero-order chi connectivity index (χ0) is 17.3. The minimum atomic E-state index is -3.62. The Hall–Kier alpha value is -1.15. The van der Waals surface area contributed by atoms with Crippen molar-refractivity contribution < 1.29 is 17.9 Å². The lowest BCUT2D eigenvalue weighted by atomic mass is 10.1. The third-order valence-corrected chi connectivity index (χ3v) is 6.81. The van der Waals surface area contributed by atoms with Crippen LogP contribution < -0.4 is 5.32 Å². The van der Waals surface area contributed by atoms with E-state index in [1.54, 1.807) is 30.3 Å². The molecule has 0 aromatic heterocycles. The Morgan fingerprint density at radius 3 is 2.72 bits per heavy atom. The van der Waals surface area contributed by atoms with E-state index in [4.69, 9.17) is 4.74 Å². The van der Waals surface area contributed by atoms with Gasteiger partial charge in [-0.15, -0.1) is 12.4 Å². The molecule has 2 atom stereocenters. The molecule has 25 heavy (non-hydrogen) atoms. The third-order valence-electron chi connectivity index (χ3n) is 4.80. The van der Waals surface area contributed by atoms with Gasteiger partial charge in [-0.25, -0.2) is 13.2 Å². The van der Waals surface area contributed by atoms with Gasteiger partial charge in [0.25, 0.3) is 0 Å². The first-order valence-electron chi connectivity index (χ1n) is 8.45. The van der Waals surface area contributed by atoms with Crippen molar-refractivity contribution in [1.29, 1.82) is 0 Å². The number of rotatable bonds is 4. The van der Waals surface area contributed by atoms with Crippen molar-refractivity contribution in [3.8, 4) is 0 Å². The van der Waals surface area contributed by atoms with E-state index in [0.29, 0.717) is 24.7 Å². The number of ether oxygens (including phenoxy) is 1. The number of aryl methyl sites for hydroxylation is 1. The summed E-state index contributed by atoms with van der Waals surface area (Å²) >= 11 is 0. The van der Waals surface area contributed by atoms with Gasteiger partial charge in [0.2, 0.25) is 10.0 Å². The molecule has 1 N–H and O–H groups in total. The Balaban J connectivity index is 0.00000225. The number of carbonyl (C=O) groups excluding carboxylic acids is 1. The fraction of sp³-hybridized carbons (Fsp3) is 0.588. The second-order valence-corrected chi connectivity index (χ2v) is 8.40. The Morgan fingerprint density at radius 1 is 1.28 bits per heavy atom. The third kappa shape index (κ3) is 4.16. The van der Waals surface area contributed by atoms with E-state index in [1.165, 1.54) is 6.07 Å². The summed E-state index contributed by atoms with van der Waals surface area (Å²) in [5.41, 5.74) is 0.918. The minimum absolute atomic E-state index is 0. The van der Waals surface area contributed by atoms with Crippen LogP contribution in [-0.2, 0) is 14.8 Å². The fourth-order valence-corrected chi connectivity index (χ4v) is 5.24. The molecule has 6 nitrogen and oxygen atoms in total. The molecular weight excluding hydrogens is 364 g/mol. The molecule has 2 saturated heterocycles. The topological polar surface area (TPSA) is 75.7 Å². The molecule has 1 aromatic rings. The highest BCUT2D eigenvalue weighted by Crippen LogP contribution is 2.27. The lowest BCUT2D eigenvalue weighted by Crippen LogP contribution is -2.39. The Labute approximate surface area is 155 Å². The molecule has 2 unspecified atom stereocenters. The summed E-state index contributed by atoms with van der Waals surface area (Å²) in [4.78, 5) is 12.1. The van der Waals surface area contributed by atoms with Crippen LogP contribution >= 0.6 is 12.4 Å². The molecule has 140 valence electrons. The molecule has 0 amide bonds. The predicted octanol–water partition coefficient (Wildman–Crippen LogP) is 2.11. The highest BCUT2D eigenvalue weighted by Gasteiger charge is 2.35. The maximum absolute atomic E-state index is 13.1. The van der Waals surface area contributed by atoms with Gasteiger partial charge in [0.05, 0.1) is 17.1 Å². The molecule has 8 heteroatoms. The maximum atomic E-state index is 13.1. The number of fused-ring (bicyclic) bond motifs is 2. The van der Waals surface area contributed by atoms with Gasteiger partial charge in [0.15, 0.2) is 0 Å². The van der Waals surface area contributed by atoms with Crippen molar-refractivity contribution in [1.82, 2.24) is 9.62 Å². The van der Waals surface area contributed by atoms with Crippen LogP contribution in [0.4, 0.5) is 0 Å². The largest absolute Gasteiger partial charge is 0.462 e. The Bertz CT molecular complexity index is 738. The van der Waals surface area contributed by atoms with Crippen molar-refractivity contribution in [2.45, 2.75) is 50.1 Å². The van der Waals surface area contributed by atoms with Crippen LogP contribution in [0, 0.1) is 6.92 Å². The SMILES string of the molecule is CCOC(=O)c1ccc(C)c(S(=O)(=O)N2CCC3CCC(C2)N3)c1.Cl. The second kappa shape index (κ2) is 8.03. The average molecular weight is 389 g/mol. The molecule has 2 aliphatic heterocycles. The molecule has 2 fully saturated rings. The van der Waals surface area contributed by atoms with Gasteiger partial charge >= 0.3 is 5.97 Å². The molecule has 0 spiro atoms. The van der Waals surface area contributed by atoms with Gasteiger partial charge < -0.3 is 10.1 Å². The molecule has 1 aromatic carbocycles. The van der Waals surface area contributed by atoms with Gasteiger partial charge in [-0.2, -0.15) is 4.31 Å². The van der Waals surface area contributed by atoms with E-state index in [9.17, 15) is 13.2 Å². The normalized spacial score (nSPS) is 23.6. The first-order chi connectivity index (χ1) is 11.4. The van der Waals surface area contributed by atoms with E-state index in [2.05, 4.69) is 5.32 Å². The van der Waals surface area contributed by atoms with Gasteiger partial charge in [-0.1, -0.05) is 6.07 Å². The summed E-state index contributed by atoms with van der Waals surface area (Å²) in [5, 5.41) is 3.49. The number of halogens is 1. The number of carbonyl (C=O) groups is 1. The number of benzene rings is 1. The Morgan fingerprint density at radius 2 is 2.00 bits per heavy atom. The molecule has 0 radical (unpaired) electrons. The highest BCUT2D eigenvalue weighted by molar-refractivity contribution is 7.89. The van der Waals surface area contributed by atoms with Crippen molar-refractivity contribution in [2.75, 3.05) is 19.7 Å². The summed E-state index contributed by atoms with van der Waals surface area (Å²) in [7, 11) is -3.62. The van der Waals surface area contributed by atoms with Crippen molar-refractivity contribution >= 4 is 28.4 Å². The first kappa shape index (κ1) is 20.2. The molecule has 2 bridgehead atoms. The summed E-state index contributed by atoms with van der Waals surface area (Å²) in [6, 6.07) is 5.36. The zero-order valence-corrected chi connectivity index (χ0v) is 16.2. The van der Waals surface area contributed by atoms with E-state index in [-0.39, 0.29) is 35.5 Å². The first-order valence-corrected chi connectivity index (χ1v) is 9.89. The van der Waals surface area contributed by atoms with Gasteiger partial charge in [0.1, 0.15) is 0 Å². The van der Waals surface area contributed by atoms with Gasteiger partial charge in [0, 0.05) is 25.2 Å². The maximum Gasteiger partial charge on any atom is 0.338 e. The molecule has 3 rings (SSSR count). The molecule has 2 heterocycles. The number of nitrogens with one attached hydrogen (secondary N) is 1. The van der Waals surface area contributed by atoms with E-state index in [0.717, 1.165) is 19.3 Å². The lowest BCUT2D eigenvalue weighted by Gasteiger charge is -2.24. The number of hydrogen-bond donors (Lipinski definition) is 1. The minimum Gasteiger partial charge on any atom is -0.462 e. The number of esters is 1. The second-order valence-electron chi connectivity index (χ2n) is 6.49. The van der Waals surface area contributed by atoms with Crippen LogP contribution in [0.15, 0.2) is 23.1 Å². The molecule has 0 aliphatic carbocycles.